The molecule has 0 spiro atoms. The molecule has 2 unspecified atom stereocenters. The van der Waals surface area contributed by atoms with Gasteiger partial charge in [-0.15, -0.1) is 0 Å². The fourth-order valence-electron chi connectivity index (χ4n) is 2.06. The summed E-state index contributed by atoms with van der Waals surface area (Å²) in [6.07, 6.45) is 5.02. The number of carbonyl (C=O) groups is 1. The zero-order valence-corrected chi connectivity index (χ0v) is 9.50. The van der Waals surface area contributed by atoms with E-state index in [1.54, 1.807) is 7.11 Å². The SMILES string of the molecule is COCCC(=O)NCC1CCCC(N)C1. The number of nitrogens with one attached hydrogen (secondary N) is 1. The second kappa shape index (κ2) is 6.80. The summed E-state index contributed by atoms with van der Waals surface area (Å²) in [7, 11) is 1.60. The van der Waals surface area contributed by atoms with Gasteiger partial charge < -0.3 is 15.8 Å². The summed E-state index contributed by atoms with van der Waals surface area (Å²) in [5.74, 6) is 0.649. The molecule has 1 aliphatic carbocycles. The molecule has 88 valence electrons. The molecule has 0 aromatic heterocycles. The number of ether oxygens (including phenoxy) is 1. The first-order valence-corrected chi connectivity index (χ1v) is 5.73. The fourth-order valence-corrected chi connectivity index (χ4v) is 2.06. The Morgan fingerprint density at radius 1 is 1.53 bits per heavy atom. The maximum atomic E-state index is 11.3. The lowest BCUT2D eigenvalue weighted by atomic mass is 9.86. The summed E-state index contributed by atoms with van der Waals surface area (Å²) in [5, 5.41) is 2.93. The molecule has 3 N–H and O–H groups in total. The van der Waals surface area contributed by atoms with E-state index in [1.807, 2.05) is 0 Å². The lowest BCUT2D eigenvalue weighted by molar-refractivity contribution is -0.122. The fraction of sp³-hybridized carbons (Fsp3) is 0.909. The highest BCUT2D eigenvalue weighted by atomic mass is 16.5. The monoisotopic (exact) mass is 214 g/mol. The molecule has 0 aromatic rings. The highest BCUT2D eigenvalue weighted by Crippen LogP contribution is 2.22. The van der Waals surface area contributed by atoms with Crippen molar-refractivity contribution < 1.29 is 9.53 Å². The molecule has 15 heavy (non-hydrogen) atoms. The third-order valence-electron chi connectivity index (χ3n) is 2.94. The molecule has 0 aliphatic heterocycles. The largest absolute Gasteiger partial charge is 0.384 e. The van der Waals surface area contributed by atoms with Crippen LogP contribution in [0.25, 0.3) is 0 Å². The van der Waals surface area contributed by atoms with Gasteiger partial charge in [0.15, 0.2) is 0 Å². The van der Waals surface area contributed by atoms with Crippen LogP contribution in [0.15, 0.2) is 0 Å². The van der Waals surface area contributed by atoms with Gasteiger partial charge in [-0.05, 0) is 25.2 Å². The molecule has 0 radical (unpaired) electrons. The Hall–Kier alpha value is -0.610. The summed E-state index contributed by atoms with van der Waals surface area (Å²) in [6.45, 7) is 1.27. The third kappa shape index (κ3) is 5.14. The summed E-state index contributed by atoms with van der Waals surface area (Å²) in [4.78, 5) is 11.3. The summed E-state index contributed by atoms with van der Waals surface area (Å²) < 4.78 is 4.84. The van der Waals surface area contributed by atoms with Crippen LogP contribution in [0.4, 0.5) is 0 Å². The van der Waals surface area contributed by atoms with Crippen LogP contribution in [-0.4, -0.2) is 32.2 Å². The van der Waals surface area contributed by atoms with E-state index in [0.717, 1.165) is 19.4 Å². The molecule has 4 nitrogen and oxygen atoms in total. The Labute approximate surface area is 91.5 Å². The minimum Gasteiger partial charge on any atom is -0.384 e. The lowest BCUT2D eigenvalue weighted by Gasteiger charge is -2.26. The predicted molar refractivity (Wildman–Crippen MR) is 59.4 cm³/mol. The average Bonchev–Trinajstić information content (AvgIpc) is 2.23. The molecule has 4 heteroatoms. The molecule has 1 rings (SSSR count). The van der Waals surface area contributed by atoms with Gasteiger partial charge in [-0.2, -0.15) is 0 Å². The summed E-state index contributed by atoms with van der Waals surface area (Å²) in [6, 6.07) is 0.333. The number of hydrogen-bond donors (Lipinski definition) is 2. The van der Waals surface area contributed by atoms with E-state index in [9.17, 15) is 4.79 Å². The van der Waals surface area contributed by atoms with Gasteiger partial charge in [0.05, 0.1) is 6.61 Å². The second-order valence-electron chi connectivity index (χ2n) is 4.34. The Morgan fingerprint density at radius 3 is 3.00 bits per heavy atom. The molecule has 1 aliphatic rings. The molecule has 1 amide bonds. The molecule has 0 aromatic carbocycles. The Kier molecular flexibility index (Phi) is 5.65. The first-order chi connectivity index (χ1) is 7.22. The van der Waals surface area contributed by atoms with Crippen LogP contribution in [0, 0.1) is 5.92 Å². The van der Waals surface area contributed by atoms with Gasteiger partial charge in [0.2, 0.25) is 5.91 Å². The maximum absolute atomic E-state index is 11.3. The molecule has 1 saturated carbocycles. The van der Waals surface area contributed by atoms with Gasteiger partial charge in [0.25, 0.3) is 0 Å². The molecule has 1 fully saturated rings. The number of rotatable bonds is 5. The molecule has 0 heterocycles. The van der Waals surface area contributed by atoms with Gasteiger partial charge >= 0.3 is 0 Å². The zero-order chi connectivity index (χ0) is 11.1. The van der Waals surface area contributed by atoms with Crippen LogP contribution in [0.2, 0.25) is 0 Å². The van der Waals surface area contributed by atoms with Gasteiger partial charge in [0.1, 0.15) is 0 Å². The highest BCUT2D eigenvalue weighted by Gasteiger charge is 2.19. The maximum Gasteiger partial charge on any atom is 0.222 e. The number of carbonyl (C=O) groups excluding carboxylic acids is 1. The van der Waals surface area contributed by atoms with Gasteiger partial charge in [-0.3, -0.25) is 4.79 Å². The van der Waals surface area contributed by atoms with E-state index < -0.39 is 0 Å². The van der Waals surface area contributed by atoms with E-state index in [0.29, 0.717) is 25.0 Å². The van der Waals surface area contributed by atoms with Crippen molar-refractivity contribution in [2.24, 2.45) is 11.7 Å². The standard InChI is InChI=1S/C11H22N2O2/c1-15-6-5-11(14)13-8-9-3-2-4-10(12)7-9/h9-10H,2-8,12H2,1H3,(H,13,14). The number of hydrogen-bond acceptors (Lipinski definition) is 3. The number of nitrogens with two attached hydrogens (primary N) is 1. The van der Waals surface area contributed by atoms with E-state index >= 15 is 0 Å². The third-order valence-corrected chi connectivity index (χ3v) is 2.94. The van der Waals surface area contributed by atoms with Crippen molar-refractivity contribution >= 4 is 5.91 Å². The lowest BCUT2D eigenvalue weighted by Crippen LogP contribution is -2.35. The minimum absolute atomic E-state index is 0.0796. The smallest absolute Gasteiger partial charge is 0.222 e. The van der Waals surface area contributed by atoms with Crippen LogP contribution < -0.4 is 11.1 Å². The second-order valence-corrected chi connectivity index (χ2v) is 4.34. The van der Waals surface area contributed by atoms with Gasteiger partial charge in [0, 0.05) is 26.1 Å². The van der Waals surface area contributed by atoms with Crippen molar-refractivity contribution in [1.82, 2.24) is 5.32 Å². The first-order valence-electron chi connectivity index (χ1n) is 5.73. The topological polar surface area (TPSA) is 64.3 Å². The van der Waals surface area contributed by atoms with E-state index in [-0.39, 0.29) is 5.91 Å². The number of amides is 1. The quantitative estimate of drug-likeness (QED) is 0.706. The van der Waals surface area contributed by atoms with Crippen molar-refractivity contribution in [3.05, 3.63) is 0 Å². The normalized spacial score (nSPS) is 26.3. The van der Waals surface area contributed by atoms with Crippen molar-refractivity contribution in [3.8, 4) is 0 Å². The molecule has 2 atom stereocenters. The van der Waals surface area contributed by atoms with Gasteiger partial charge in [-0.25, -0.2) is 0 Å². The van der Waals surface area contributed by atoms with Crippen molar-refractivity contribution in [3.63, 3.8) is 0 Å². The average molecular weight is 214 g/mol. The van der Waals surface area contributed by atoms with Crippen LogP contribution >= 0.6 is 0 Å². The summed E-state index contributed by atoms with van der Waals surface area (Å²) >= 11 is 0. The van der Waals surface area contributed by atoms with Crippen molar-refractivity contribution in [2.45, 2.75) is 38.1 Å². The van der Waals surface area contributed by atoms with Crippen LogP contribution in [0.5, 0.6) is 0 Å². The van der Waals surface area contributed by atoms with Crippen LogP contribution in [0.1, 0.15) is 32.1 Å². The molecule has 0 bridgehead atoms. The molecular formula is C11H22N2O2. The number of methoxy groups -OCH3 is 1. The van der Waals surface area contributed by atoms with Crippen molar-refractivity contribution in [1.29, 1.82) is 0 Å². The van der Waals surface area contributed by atoms with E-state index in [4.69, 9.17) is 10.5 Å². The van der Waals surface area contributed by atoms with E-state index in [2.05, 4.69) is 5.32 Å². The Bertz CT molecular complexity index is 197. The molecule has 0 saturated heterocycles. The predicted octanol–water partition coefficient (Wildman–Crippen LogP) is 0.657. The Balaban J connectivity index is 2.10. The van der Waals surface area contributed by atoms with Gasteiger partial charge in [-0.1, -0.05) is 6.42 Å². The molecular weight excluding hydrogens is 192 g/mol. The highest BCUT2D eigenvalue weighted by molar-refractivity contribution is 5.75. The first kappa shape index (κ1) is 12.5. The zero-order valence-electron chi connectivity index (χ0n) is 9.50. The van der Waals surface area contributed by atoms with Crippen LogP contribution in [-0.2, 0) is 9.53 Å². The minimum atomic E-state index is 0.0796. The Morgan fingerprint density at radius 2 is 2.33 bits per heavy atom. The van der Waals surface area contributed by atoms with E-state index in [1.165, 1.54) is 12.8 Å². The van der Waals surface area contributed by atoms with Crippen molar-refractivity contribution in [2.75, 3.05) is 20.3 Å². The van der Waals surface area contributed by atoms with Crippen LogP contribution in [0.3, 0.4) is 0 Å². The summed E-state index contributed by atoms with van der Waals surface area (Å²) in [5.41, 5.74) is 5.88.